The normalized spacial score (nSPS) is 11.2. The maximum atomic E-state index is 6.07. The van der Waals surface area contributed by atoms with Crippen LogP contribution in [0.2, 0.25) is 10.0 Å². The van der Waals surface area contributed by atoms with Crippen LogP contribution in [0.15, 0.2) is 65.8 Å². The van der Waals surface area contributed by atoms with Gasteiger partial charge in [0.1, 0.15) is 6.61 Å². The molecule has 0 amide bonds. The maximum absolute atomic E-state index is 6.07. The average molecular weight is 330 g/mol. The third-order valence-electron chi connectivity index (χ3n) is 3.36. The van der Waals surface area contributed by atoms with Gasteiger partial charge in [-0.3, -0.25) is 0 Å². The number of rotatable bonds is 4. The second-order valence-electron chi connectivity index (χ2n) is 4.78. The molecular weight excluding hydrogens is 317 g/mol. The first-order valence-corrected chi connectivity index (χ1v) is 7.57. The molecule has 22 heavy (non-hydrogen) atoms. The molecule has 0 aliphatic heterocycles. The van der Waals surface area contributed by atoms with E-state index in [1.54, 1.807) is 18.2 Å². The lowest BCUT2D eigenvalue weighted by atomic mass is 10.1. The molecule has 0 saturated carbocycles. The Hall–Kier alpha value is -2.03. The van der Waals surface area contributed by atoms with Gasteiger partial charge in [-0.1, -0.05) is 76.9 Å². The molecule has 0 radical (unpaired) electrons. The molecule has 110 valence electrons. The number of hydrogen-bond acceptors (Lipinski definition) is 2. The first-order valence-electron chi connectivity index (χ1n) is 6.82. The fourth-order valence-corrected chi connectivity index (χ4v) is 2.74. The SMILES string of the molecule is Clc1cccc(Cl)c1C=NOCc1cccc2ccccc12. The van der Waals surface area contributed by atoms with E-state index in [1.807, 2.05) is 24.3 Å². The molecule has 0 bridgehead atoms. The van der Waals surface area contributed by atoms with Crippen LogP contribution in [0.4, 0.5) is 0 Å². The molecule has 0 fully saturated rings. The van der Waals surface area contributed by atoms with E-state index in [-0.39, 0.29) is 0 Å². The molecular formula is C18H13Cl2NO. The minimum atomic E-state index is 0.389. The lowest BCUT2D eigenvalue weighted by Gasteiger charge is -2.05. The highest BCUT2D eigenvalue weighted by Gasteiger charge is 2.03. The van der Waals surface area contributed by atoms with Crippen molar-refractivity contribution in [2.75, 3.05) is 0 Å². The van der Waals surface area contributed by atoms with Crippen LogP contribution in [0.3, 0.4) is 0 Å². The Morgan fingerprint density at radius 1 is 0.864 bits per heavy atom. The Balaban J connectivity index is 1.74. The monoisotopic (exact) mass is 329 g/mol. The van der Waals surface area contributed by atoms with Gasteiger partial charge in [-0.2, -0.15) is 0 Å². The summed E-state index contributed by atoms with van der Waals surface area (Å²) in [5, 5.41) is 7.41. The van der Waals surface area contributed by atoms with Gasteiger partial charge in [-0.15, -0.1) is 0 Å². The molecule has 4 heteroatoms. The molecule has 3 rings (SSSR count). The van der Waals surface area contributed by atoms with Crippen molar-refractivity contribution in [3.05, 3.63) is 81.8 Å². The minimum Gasteiger partial charge on any atom is -0.391 e. The van der Waals surface area contributed by atoms with E-state index in [2.05, 4.69) is 23.4 Å². The molecule has 0 unspecified atom stereocenters. The zero-order chi connectivity index (χ0) is 15.4. The summed E-state index contributed by atoms with van der Waals surface area (Å²) < 4.78 is 0. The highest BCUT2D eigenvalue weighted by Crippen LogP contribution is 2.22. The third-order valence-corrected chi connectivity index (χ3v) is 4.02. The summed E-state index contributed by atoms with van der Waals surface area (Å²) in [6.07, 6.45) is 1.54. The maximum Gasteiger partial charge on any atom is 0.142 e. The van der Waals surface area contributed by atoms with Crippen LogP contribution in [0.1, 0.15) is 11.1 Å². The molecule has 0 aliphatic rings. The number of fused-ring (bicyclic) bond motifs is 1. The summed E-state index contributed by atoms with van der Waals surface area (Å²) >= 11 is 12.1. The van der Waals surface area contributed by atoms with E-state index in [0.29, 0.717) is 22.2 Å². The van der Waals surface area contributed by atoms with E-state index in [0.717, 1.165) is 10.9 Å². The number of halogens is 2. The number of nitrogens with zero attached hydrogens (tertiary/aromatic N) is 1. The average Bonchev–Trinajstić information content (AvgIpc) is 2.54. The van der Waals surface area contributed by atoms with Crippen molar-refractivity contribution in [1.82, 2.24) is 0 Å². The van der Waals surface area contributed by atoms with Crippen molar-refractivity contribution >= 4 is 40.2 Å². The van der Waals surface area contributed by atoms with Gasteiger partial charge in [0.2, 0.25) is 0 Å². The van der Waals surface area contributed by atoms with Crippen LogP contribution >= 0.6 is 23.2 Å². The molecule has 0 heterocycles. The van der Waals surface area contributed by atoms with E-state index < -0.39 is 0 Å². The van der Waals surface area contributed by atoms with Crippen LogP contribution in [-0.4, -0.2) is 6.21 Å². The van der Waals surface area contributed by atoms with E-state index in [1.165, 1.54) is 11.6 Å². The van der Waals surface area contributed by atoms with Crippen LogP contribution < -0.4 is 0 Å². The highest BCUT2D eigenvalue weighted by atomic mass is 35.5. The standard InChI is InChI=1S/C18H13Cl2NO/c19-17-9-4-10-18(20)16(17)11-21-22-12-14-7-3-6-13-5-1-2-8-15(13)14/h1-11H,12H2. The summed E-state index contributed by atoms with van der Waals surface area (Å²) in [7, 11) is 0. The highest BCUT2D eigenvalue weighted by molar-refractivity contribution is 6.38. The van der Waals surface area contributed by atoms with Crippen molar-refractivity contribution in [3.63, 3.8) is 0 Å². The molecule has 3 aromatic carbocycles. The van der Waals surface area contributed by atoms with Crippen LogP contribution in [0.25, 0.3) is 10.8 Å². The summed E-state index contributed by atoms with van der Waals surface area (Å²) in [6, 6.07) is 19.6. The van der Waals surface area contributed by atoms with Crippen LogP contribution in [0, 0.1) is 0 Å². The van der Waals surface area contributed by atoms with E-state index in [9.17, 15) is 0 Å². The summed E-state index contributed by atoms with van der Waals surface area (Å²) in [6.45, 7) is 0.389. The second-order valence-corrected chi connectivity index (χ2v) is 5.60. The van der Waals surface area contributed by atoms with Crippen molar-refractivity contribution in [3.8, 4) is 0 Å². The van der Waals surface area contributed by atoms with Gasteiger partial charge in [-0.05, 0) is 28.5 Å². The lowest BCUT2D eigenvalue weighted by molar-refractivity contribution is 0.133. The number of benzene rings is 3. The predicted molar refractivity (Wildman–Crippen MR) is 92.8 cm³/mol. The quantitative estimate of drug-likeness (QED) is 0.444. The molecule has 0 atom stereocenters. The number of hydrogen-bond donors (Lipinski definition) is 0. The van der Waals surface area contributed by atoms with Crippen molar-refractivity contribution in [2.45, 2.75) is 6.61 Å². The van der Waals surface area contributed by atoms with Crippen LogP contribution in [0.5, 0.6) is 0 Å². The molecule has 0 aromatic heterocycles. The second kappa shape index (κ2) is 6.82. The van der Waals surface area contributed by atoms with Crippen molar-refractivity contribution in [2.24, 2.45) is 5.16 Å². The third kappa shape index (κ3) is 3.24. The summed E-state index contributed by atoms with van der Waals surface area (Å²) in [4.78, 5) is 5.39. The Morgan fingerprint density at radius 2 is 1.55 bits per heavy atom. The van der Waals surface area contributed by atoms with Crippen molar-refractivity contribution in [1.29, 1.82) is 0 Å². The van der Waals surface area contributed by atoms with Gasteiger partial charge in [0.25, 0.3) is 0 Å². The molecule has 0 aliphatic carbocycles. The van der Waals surface area contributed by atoms with E-state index in [4.69, 9.17) is 28.0 Å². The topological polar surface area (TPSA) is 21.6 Å². The lowest BCUT2D eigenvalue weighted by Crippen LogP contribution is -1.91. The smallest absolute Gasteiger partial charge is 0.142 e. The van der Waals surface area contributed by atoms with E-state index >= 15 is 0 Å². The predicted octanol–water partition coefficient (Wildman–Crippen LogP) is 5.70. The molecule has 0 saturated heterocycles. The fourth-order valence-electron chi connectivity index (χ4n) is 2.25. The Bertz CT molecular complexity index is 805. The summed E-state index contributed by atoms with van der Waals surface area (Å²) in [5.74, 6) is 0. The van der Waals surface area contributed by atoms with Gasteiger partial charge in [0, 0.05) is 5.56 Å². The van der Waals surface area contributed by atoms with Gasteiger partial charge in [-0.25, -0.2) is 0 Å². The molecule has 0 spiro atoms. The first kappa shape index (κ1) is 14.9. The first-order chi connectivity index (χ1) is 10.8. The molecule has 2 nitrogen and oxygen atoms in total. The van der Waals surface area contributed by atoms with Gasteiger partial charge >= 0.3 is 0 Å². The Labute approximate surface area is 138 Å². The Morgan fingerprint density at radius 3 is 2.36 bits per heavy atom. The molecule has 0 N–H and O–H groups in total. The minimum absolute atomic E-state index is 0.389. The van der Waals surface area contributed by atoms with Gasteiger partial charge in [0.05, 0.1) is 16.3 Å². The zero-order valence-electron chi connectivity index (χ0n) is 11.7. The summed E-state index contributed by atoms with van der Waals surface area (Å²) in [5.41, 5.74) is 1.74. The van der Waals surface area contributed by atoms with Crippen molar-refractivity contribution < 1.29 is 4.84 Å². The molecule has 3 aromatic rings. The largest absolute Gasteiger partial charge is 0.391 e. The number of oxime groups is 1. The van der Waals surface area contributed by atoms with Gasteiger partial charge < -0.3 is 4.84 Å². The zero-order valence-corrected chi connectivity index (χ0v) is 13.2. The fraction of sp³-hybridized carbons (Fsp3) is 0.0556. The Kier molecular flexibility index (Phi) is 4.62. The van der Waals surface area contributed by atoms with Crippen LogP contribution in [-0.2, 0) is 11.4 Å². The van der Waals surface area contributed by atoms with Gasteiger partial charge in [0.15, 0.2) is 0 Å².